The number of fused-ring (bicyclic) bond motifs is 2. The van der Waals surface area contributed by atoms with Crippen LogP contribution in [0.1, 0.15) is 17.5 Å². The summed E-state index contributed by atoms with van der Waals surface area (Å²) in [5, 5.41) is 0. The van der Waals surface area contributed by atoms with E-state index in [4.69, 9.17) is 4.99 Å². The molecule has 30 heavy (non-hydrogen) atoms. The number of aromatic nitrogens is 1. The molecule has 0 saturated heterocycles. The van der Waals surface area contributed by atoms with Gasteiger partial charge in [-0.2, -0.15) is 0 Å². The Morgan fingerprint density at radius 2 is 1.70 bits per heavy atom. The van der Waals surface area contributed by atoms with Gasteiger partial charge in [0.15, 0.2) is 5.82 Å². The van der Waals surface area contributed by atoms with Gasteiger partial charge in [0.25, 0.3) is 0 Å². The van der Waals surface area contributed by atoms with E-state index in [9.17, 15) is 4.39 Å². The van der Waals surface area contributed by atoms with E-state index >= 15 is 0 Å². The zero-order valence-corrected chi connectivity index (χ0v) is 17.9. The van der Waals surface area contributed by atoms with Gasteiger partial charge in [0, 0.05) is 23.9 Å². The maximum atomic E-state index is 13.5. The molecule has 0 aliphatic carbocycles. The van der Waals surface area contributed by atoms with Gasteiger partial charge in [-0.1, -0.05) is 18.2 Å². The van der Waals surface area contributed by atoms with E-state index < -0.39 is 0 Å². The molecule has 1 aliphatic heterocycles. The van der Waals surface area contributed by atoms with Gasteiger partial charge in [-0.25, -0.2) is 14.4 Å². The number of benzene rings is 2. The molecule has 0 saturated carbocycles. The zero-order valence-electron chi connectivity index (χ0n) is 17.0. The average Bonchev–Trinajstić information content (AvgIpc) is 2.84. The third-order valence-electron chi connectivity index (χ3n) is 4.81. The van der Waals surface area contributed by atoms with Crippen molar-refractivity contribution in [2.75, 3.05) is 32.1 Å². The molecule has 158 valence electrons. The molecule has 1 aromatic heterocycles. The van der Waals surface area contributed by atoms with E-state index in [1.54, 1.807) is 18.3 Å². The normalized spacial score (nSPS) is 12.1. The monoisotopic (exact) mass is 428 g/mol. The summed E-state index contributed by atoms with van der Waals surface area (Å²) in [7, 11) is 4.16. The molecule has 4 rings (SSSR count). The number of hydrogen-bond donors (Lipinski definition) is 0. The molecule has 2 heterocycles. The molecule has 0 atom stereocenters. The highest BCUT2D eigenvalue weighted by molar-refractivity contribution is 6.18. The molecule has 0 fully saturated rings. The fourth-order valence-electron chi connectivity index (χ4n) is 3.49. The quantitative estimate of drug-likeness (QED) is 0.605. The van der Waals surface area contributed by atoms with Gasteiger partial charge in [0.2, 0.25) is 0 Å². The number of nitrogens with zero attached hydrogens (tertiary/aromatic N) is 4. The first-order valence-corrected chi connectivity index (χ1v) is 9.45. The van der Waals surface area contributed by atoms with E-state index in [0.29, 0.717) is 0 Å². The lowest BCUT2D eigenvalue weighted by Gasteiger charge is -2.26. The maximum Gasteiger partial charge on any atom is 0.159 e. The molecule has 5 nitrogen and oxygen atoms in total. The molecule has 0 radical (unpaired) electrons. The highest BCUT2D eigenvalue weighted by atomic mass is 35.5. The number of halogens is 2. The van der Waals surface area contributed by atoms with Gasteiger partial charge in [-0.15, -0.1) is 12.4 Å². The minimum absolute atomic E-state index is 0. The molecule has 1 aliphatic rings. The summed E-state index contributed by atoms with van der Waals surface area (Å²) >= 11 is 0. The first-order chi connectivity index (χ1) is 13.6. The smallest absolute Gasteiger partial charge is 0.159 e. The van der Waals surface area contributed by atoms with Gasteiger partial charge in [0.05, 0.1) is 11.4 Å². The molecule has 0 unspecified atom stereocenters. The second kappa shape index (κ2) is 10.3. The van der Waals surface area contributed by atoms with E-state index in [1.807, 2.05) is 24.3 Å². The fraction of sp³-hybridized carbons (Fsp3) is 0.217. The molecular weight excluding hydrogens is 403 g/mol. The van der Waals surface area contributed by atoms with Crippen molar-refractivity contribution in [3.63, 3.8) is 0 Å². The first kappa shape index (κ1) is 23.5. The number of pyridine rings is 1. The third-order valence-corrected chi connectivity index (χ3v) is 4.81. The predicted molar refractivity (Wildman–Crippen MR) is 123 cm³/mol. The summed E-state index contributed by atoms with van der Waals surface area (Å²) in [4.78, 5) is 14.0. The lowest BCUT2D eigenvalue weighted by Crippen LogP contribution is -2.24. The van der Waals surface area contributed by atoms with Crippen molar-refractivity contribution in [3.8, 4) is 0 Å². The van der Waals surface area contributed by atoms with E-state index in [-0.39, 0.29) is 23.7 Å². The topological polar surface area (TPSA) is 63.2 Å². The fourth-order valence-corrected chi connectivity index (χ4v) is 3.49. The van der Waals surface area contributed by atoms with Crippen molar-refractivity contribution < 1.29 is 9.87 Å². The van der Waals surface area contributed by atoms with Crippen LogP contribution in [-0.2, 0) is 0 Å². The third kappa shape index (κ3) is 4.84. The molecular formula is C23H26ClFN4O. The predicted octanol–water partition coefficient (Wildman–Crippen LogP) is 4.39. The maximum absolute atomic E-state index is 13.5. The van der Waals surface area contributed by atoms with Crippen molar-refractivity contribution in [3.05, 3.63) is 83.8 Å². The van der Waals surface area contributed by atoms with Crippen LogP contribution in [0.2, 0.25) is 0 Å². The Labute approximate surface area is 182 Å². The summed E-state index contributed by atoms with van der Waals surface area (Å²) in [5.74, 6) is 0.601. The van der Waals surface area contributed by atoms with Crippen LogP contribution in [0.5, 0.6) is 0 Å². The highest BCUT2D eigenvalue weighted by Crippen LogP contribution is 2.39. The van der Waals surface area contributed by atoms with Gasteiger partial charge in [-0.3, -0.25) is 0 Å². The Balaban J connectivity index is 0.00000160. The SMILES string of the molecule is CN(C)CCCN1c2ccccc2C(c2ccc(F)cc2)=Nc2cccnc21.Cl.O. The molecule has 0 amide bonds. The number of aliphatic imine (C=N–C) groups is 1. The molecule has 3 aromatic rings. The second-order valence-corrected chi connectivity index (χ2v) is 7.14. The van der Waals surface area contributed by atoms with Crippen molar-refractivity contribution in [1.82, 2.24) is 9.88 Å². The molecule has 0 bridgehead atoms. The van der Waals surface area contributed by atoms with Gasteiger partial charge in [-0.05, 0) is 69.5 Å². The summed E-state index contributed by atoms with van der Waals surface area (Å²) in [6, 6.07) is 18.6. The minimum atomic E-state index is -0.251. The van der Waals surface area contributed by atoms with Crippen LogP contribution < -0.4 is 4.90 Å². The summed E-state index contributed by atoms with van der Waals surface area (Å²) in [6.07, 6.45) is 2.81. The summed E-state index contributed by atoms with van der Waals surface area (Å²) < 4.78 is 13.5. The van der Waals surface area contributed by atoms with Crippen molar-refractivity contribution in [2.24, 2.45) is 4.99 Å². The van der Waals surface area contributed by atoms with Crippen LogP contribution in [0.4, 0.5) is 21.6 Å². The van der Waals surface area contributed by atoms with Crippen LogP contribution in [0.3, 0.4) is 0 Å². The number of para-hydroxylation sites is 1. The average molecular weight is 429 g/mol. The summed E-state index contributed by atoms with van der Waals surface area (Å²) in [5.41, 5.74) is 4.64. The zero-order chi connectivity index (χ0) is 19.5. The lowest BCUT2D eigenvalue weighted by atomic mass is 10.00. The van der Waals surface area contributed by atoms with Crippen LogP contribution >= 0.6 is 12.4 Å². The Hall–Kier alpha value is -2.80. The Morgan fingerprint density at radius 1 is 0.967 bits per heavy atom. The summed E-state index contributed by atoms with van der Waals surface area (Å²) in [6.45, 7) is 1.83. The van der Waals surface area contributed by atoms with Gasteiger partial charge in [0.1, 0.15) is 11.5 Å². The number of anilines is 2. The largest absolute Gasteiger partial charge is 0.412 e. The van der Waals surface area contributed by atoms with Gasteiger partial charge < -0.3 is 15.3 Å². The van der Waals surface area contributed by atoms with Crippen molar-refractivity contribution in [2.45, 2.75) is 6.42 Å². The molecule has 2 aromatic carbocycles. The highest BCUT2D eigenvalue weighted by Gasteiger charge is 2.24. The lowest BCUT2D eigenvalue weighted by molar-refractivity contribution is 0.402. The first-order valence-electron chi connectivity index (χ1n) is 9.45. The molecule has 0 spiro atoms. The van der Waals surface area contributed by atoms with Crippen molar-refractivity contribution in [1.29, 1.82) is 0 Å². The Bertz CT molecular complexity index is 1010. The van der Waals surface area contributed by atoms with Crippen LogP contribution in [0.25, 0.3) is 0 Å². The second-order valence-electron chi connectivity index (χ2n) is 7.14. The van der Waals surface area contributed by atoms with E-state index in [1.165, 1.54) is 12.1 Å². The van der Waals surface area contributed by atoms with Crippen LogP contribution in [0.15, 0.2) is 71.9 Å². The van der Waals surface area contributed by atoms with E-state index in [2.05, 4.69) is 41.0 Å². The number of rotatable bonds is 5. The molecule has 2 N–H and O–H groups in total. The Kier molecular flexibility index (Phi) is 8.06. The van der Waals surface area contributed by atoms with E-state index in [0.717, 1.165) is 53.5 Å². The molecule has 7 heteroatoms. The van der Waals surface area contributed by atoms with Crippen LogP contribution in [0, 0.1) is 5.82 Å². The standard InChI is InChI=1S/C23H23FN4.ClH.H2O/c1-27(2)15-6-16-28-21-9-4-3-7-19(21)22(17-10-12-18(24)13-11-17)26-20-8-5-14-25-23(20)28;;/h3-5,7-14H,6,15-16H2,1-2H3;1H;1H2. The number of hydrogen-bond acceptors (Lipinski definition) is 4. The Morgan fingerprint density at radius 3 is 2.43 bits per heavy atom. The van der Waals surface area contributed by atoms with Gasteiger partial charge >= 0.3 is 0 Å². The van der Waals surface area contributed by atoms with Crippen LogP contribution in [-0.4, -0.2) is 48.3 Å². The van der Waals surface area contributed by atoms with Crippen molar-refractivity contribution >= 4 is 35.3 Å². The minimum Gasteiger partial charge on any atom is -0.412 e.